The first-order valence-corrected chi connectivity index (χ1v) is 7.26. The van der Waals surface area contributed by atoms with E-state index < -0.39 is 0 Å². The van der Waals surface area contributed by atoms with Crippen molar-refractivity contribution >= 4 is 11.6 Å². The van der Waals surface area contributed by atoms with Crippen molar-refractivity contribution < 1.29 is 4.79 Å². The average molecular weight is 258 g/mol. The number of anilines is 1. The summed E-state index contributed by atoms with van der Waals surface area (Å²) < 4.78 is 0. The molecular weight excluding hydrogens is 236 g/mol. The lowest BCUT2D eigenvalue weighted by atomic mass is 10.0. The van der Waals surface area contributed by atoms with Gasteiger partial charge in [-0.25, -0.2) is 0 Å². The van der Waals surface area contributed by atoms with Crippen LogP contribution >= 0.6 is 0 Å². The molecule has 0 atom stereocenters. The highest BCUT2D eigenvalue weighted by Crippen LogP contribution is 2.60. The molecule has 0 heterocycles. The number of hydrogen-bond donors (Lipinski definition) is 2. The van der Waals surface area contributed by atoms with Crippen molar-refractivity contribution in [2.75, 3.05) is 18.4 Å². The van der Waals surface area contributed by atoms with Gasteiger partial charge in [-0.3, -0.25) is 4.79 Å². The summed E-state index contributed by atoms with van der Waals surface area (Å²) in [5.74, 6) is 1.00. The molecule has 1 aromatic rings. The second kappa shape index (κ2) is 4.97. The number of para-hydroxylation sites is 1. The summed E-state index contributed by atoms with van der Waals surface area (Å²) in [5.41, 5.74) is 2.58. The summed E-state index contributed by atoms with van der Waals surface area (Å²) in [7, 11) is 0. The molecule has 0 radical (unpaired) electrons. The minimum absolute atomic E-state index is 0.0564. The molecule has 1 amide bonds. The highest BCUT2D eigenvalue weighted by Gasteiger charge is 2.53. The average Bonchev–Trinajstić information content (AvgIpc) is 3.25. The normalized spacial score (nSPS) is 20.1. The van der Waals surface area contributed by atoms with Crippen LogP contribution in [0, 0.1) is 18.3 Å². The van der Waals surface area contributed by atoms with Gasteiger partial charge in [0.1, 0.15) is 0 Å². The fourth-order valence-corrected chi connectivity index (χ4v) is 2.92. The minimum Gasteiger partial charge on any atom is -0.325 e. The Labute approximate surface area is 114 Å². The molecule has 0 bridgehead atoms. The lowest BCUT2D eigenvalue weighted by molar-refractivity contribution is -0.115. The maximum atomic E-state index is 11.9. The lowest BCUT2D eigenvalue weighted by Crippen LogP contribution is -2.33. The summed E-state index contributed by atoms with van der Waals surface area (Å²) in [4.78, 5) is 11.9. The van der Waals surface area contributed by atoms with Crippen LogP contribution in [0.2, 0.25) is 0 Å². The van der Waals surface area contributed by atoms with Gasteiger partial charge >= 0.3 is 0 Å². The van der Waals surface area contributed by atoms with Gasteiger partial charge in [-0.15, -0.1) is 0 Å². The van der Waals surface area contributed by atoms with Gasteiger partial charge in [0.05, 0.1) is 6.54 Å². The molecule has 19 heavy (non-hydrogen) atoms. The molecule has 3 heteroatoms. The van der Waals surface area contributed by atoms with Gasteiger partial charge in [0.2, 0.25) is 5.91 Å². The van der Waals surface area contributed by atoms with Gasteiger partial charge in [-0.1, -0.05) is 18.2 Å². The Kier molecular flexibility index (Phi) is 3.31. The summed E-state index contributed by atoms with van der Waals surface area (Å²) in [6.45, 7) is 3.44. The molecule has 3 nitrogen and oxygen atoms in total. The van der Waals surface area contributed by atoms with Crippen LogP contribution in [0.5, 0.6) is 0 Å². The Morgan fingerprint density at radius 2 is 2.05 bits per heavy atom. The maximum absolute atomic E-state index is 11.9. The molecule has 0 aromatic heterocycles. The number of benzene rings is 1. The quantitative estimate of drug-likeness (QED) is 0.823. The second-order valence-electron chi connectivity index (χ2n) is 6.10. The first-order valence-electron chi connectivity index (χ1n) is 7.26. The Balaban J connectivity index is 1.43. The summed E-state index contributed by atoms with van der Waals surface area (Å²) in [5, 5.41) is 6.30. The van der Waals surface area contributed by atoms with Crippen molar-refractivity contribution in [2.24, 2.45) is 11.3 Å². The summed E-state index contributed by atoms with van der Waals surface area (Å²) in [6, 6.07) is 7.88. The number of rotatable bonds is 6. The highest BCUT2D eigenvalue weighted by atomic mass is 16.1. The van der Waals surface area contributed by atoms with E-state index in [0.29, 0.717) is 12.0 Å². The van der Waals surface area contributed by atoms with E-state index in [-0.39, 0.29) is 5.91 Å². The van der Waals surface area contributed by atoms with Crippen molar-refractivity contribution in [1.82, 2.24) is 5.32 Å². The zero-order valence-electron chi connectivity index (χ0n) is 11.5. The van der Waals surface area contributed by atoms with Crippen LogP contribution in [-0.4, -0.2) is 19.0 Å². The predicted octanol–water partition coefficient (Wildman–Crippen LogP) is 2.71. The lowest BCUT2D eigenvalue weighted by Gasteiger charge is -2.15. The predicted molar refractivity (Wildman–Crippen MR) is 77.1 cm³/mol. The molecule has 102 valence electrons. The Morgan fingerprint density at radius 3 is 2.68 bits per heavy atom. The van der Waals surface area contributed by atoms with Gasteiger partial charge in [-0.05, 0) is 55.6 Å². The third-order valence-electron chi connectivity index (χ3n) is 4.52. The van der Waals surface area contributed by atoms with E-state index in [0.717, 1.165) is 23.7 Å². The molecule has 0 saturated heterocycles. The van der Waals surface area contributed by atoms with Gasteiger partial charge < -0.3 is 10.6 Å². The highest BCUT2D eigenvalue weighted by molar-refractivity contribution is 5.92. The van der Waals surface area contributed by atoms with Gasteiger partial charge in [0.15, 0.2) is 0 Å². The maximum Gasteiger partial charge on any atom is 0.238 e. The molecule has 0 spiro atoms. The SMILES string of the molecule is Cc1ccccc1NC(=O)CNCC1(C2CC2)CC1. The van der Waals surface area contributed by atoms with E-state index in [1.807, 2.05) is 31.2 Å². The molecule has 2 N–H and O–H groups in total. The van der Waals surface area contributed by atoms with Crippen LogP contribution in [0.1, 0.15) is 31.2 Å². The Morgan fingerprint density at radius 1 is 1.32 bits per heavy atom. The molecule has 0 unspecified atom stereocenters. The number of carbonyl (C=O) groups is 1. The van der Waals surface area contributed by atoms with Crippen LogP contribution in [0.3, 0.4) is 0 Å². The van der Waals surface area contributed by atoms with Crippen LogP contribution in [-0.2, 0) is 4.79 Å². The molecule has 2 aliphatic rings. The van der Waals surface area contributed by atoms with Gasteiger partial charge in [-0.2, -0.15) is 0 Å². The largest absolute Gasteiger partial charge is 0.325 e. The topological polar surface area (TPSA) is 41.1 Å². The fourth-order valence-electron chi connectivity index (χ4n) is 2.92. The van der Waals surface area contributed by atoms with Crippen molar-refractivity contribution in [3.05, 3.63) is 29.8 Å². The van der Waals surface area contributed by atoms with E-state index in [1.165, 1.54) is 25.7 Å². The number of nitrogens with one attached hydrogen (secondary N) is 2. The first-order chi connectivity index (χ1) is 9.20. The molecule has 2 saturated carbocycles. The van der Waals surface area contributed by atoms with Crippen LogP contribution < -0.4 is 10.6 Å². The van der Waals surface area contributed by atoms with Crippen molar-refractivity contribution in [3.63, 3.8) is 0 Å². The van der Waals surface area contributed by atoms with Crippen molar-refractivity contribution in [3.8, 4) is 0 Å². The number of hydrogen-bond acceptors (Lipinski definition) is 2. The van der Waals surface area contributed by atoms with Crippen LogP contribution in [0.4, 0.5) is 5.69 Å². The molecule has 2 aliphatic carbocycles. The van der Waals surface area contributed by atoms with Crippen molar-refractivity contribution in [1.29, 1.82) is 0 Å². The van der Waals surface area contributed by atoms with E-state index in [4.69, 9.17) is 0 Å². The van der Waals surface area contributed by atoms with E-state index in [9.17, 15) is 4.79 Å². The second-order valence-corrected chi connectivity index (χ2v) is 6.10. The van der Waals surface area contributed by atoms with Crippen LogP contribution in [0.25, 0.3) is 0 Å². The van der Waals surface area contributed by atoms with E-state index in [1.54, 1.807) is 0 Å². The third-order valence-corrected chi connectivity index (χ3v) is 4.52. The monoisotopic (exact) mass is 258 g/mol. The smallest absolute Gasteiger partial charge is 0.238 e. The van der Waals surface area contributed by atoms with Crippen LogP contribution in [0.15, 0.2) is 24.3 Å². The van der Waals surface area contributed by atoms with E-state index >= 15 is 0 Å². The third kappa shape index (κ3) is 2.98. The molecular formula is C16H22N2O. The molecule has 3 rings (SSSR count). The van der Waals surface area contributed by atoms with Gasteiger partial charge in [0, 0.05) is 12.2 Å². The molecule has 2 fully saturated rings. The number of amides is 1. The number of carbonyl (C=O) groups excluding carboxylic acids is 1. The number of aryl methyl sites for hydroxylation is 1. The zero-order valence-corrected chi connectivity index (χ0v) is 11.5. The standard InChI is InChI=1S/C16H22N2O/c1-12-4-2-3-5-14(12)18-15(19)10-17-11-16(8-9-16)13-6-7-13/h2-5,13,17H,6-11H2,1H3,(H,18,19). The summed E-state index contributed by atoms with van der Waals surface area (Å²) in [6.07, 6.45) is 5.50. The molecule has 0 aliphatic heterocycles. The minimum atomic E-state index is 0.0564. The molecule has 1 aromatic carbocycles. The fraction of sp³-hybridized carbons (Fsp3) is 0.562. The van der Waals surface area contributed by atoms with E-state index in [2.05, 4.69) is 10.6 Å². The summed E-state index contributed by atoms with van der Waals surface area (Å²) >= 11 is 0. The van der Waals surface area contributed by atoms with Gasteiger partial charge in [0.25, 0.3) is 0 Å². The van der Waals surface area contributed by atoms with Crippen molar-refractivity contribution in [2.45, 2.75) is 32.6 Å². The Bertz CT molecular complexity index is 475. The first kappa shape index (κ1) is 12.7. The zero-order chi connectivity index (χ0) is 13.3. The Hall–Kier alpha value is -1.35.